The molecule has 1 N–H and O–H groups in total. The summed E-state index contributed by atoms with van der Waals surface area (Å²) in [7, 11) is 1.29. The third-order valence-corrected chi connectivity index (χ3v) is 3.39. The summed E-state index contributed by atoms with van der Waals surface area (Å²) in [6.45, 7) is 1.57. The fraction of sp³-hybridized carbons (Fsp3) is 0.250. The van der Waals surface area contributed by atoms with E-state index in [1.54, 1.807) is 6.92 Å². The standard InChI is InChI=1S/C16H14F4N2O2/c1-9(10-3-4-13(17)14(7-10)24-2)22-15(23)11-5-6-21-8-12(11)16(18,19)20/h3-9H,1-2H3,(H,22,23). The first-order chi connectivity index (χ1) is 11.2. The zero-order chi connectivity index (χ0) is 17.9. The van der Waals surface area contributed by atoms with Crippen LogP contribution in [-0.4, -0.2) is 18.0 Å². The smallest absolute Gasteiger partial charge is 0.418 e. The molecule has 1 aromatic heterocycles. The Labute approximate surface area is 135 Å². The molecular weight excluding hydrogens is 328 g/mol. The highest BCUT2D eigenvalue weighted by Crippen LogP contribution is 2.31. The van der Waals surface area contributed by atoms with Crippen LogP contribution in [0, 0.1) is 5.82 Å². The zero-order valence-electron chi connectivity index (χ0n) is 12.8. The van der Waals surface area contributed by atoms with Crippen LogP contribution in [-0.2, 0) is 6.18 Å². The summed E-state index contributed by atoms with van der Waals surface area (Å²) in [5.74, 6) is -1.50. The maximum atomic E-state index is 13.4. The van der Waals surface area contributed by atoms with Crippen LogP contribution in [0.15, 0.2) is 36.7 Å². The molecule has 0 spiro atoms. The van der Waals surface area contributed by atoms with Crippen molar-refractivity contribution in [3.63, 3.8) is 0 Å². The van der Waals surface area contributed by atoms with Gasteiger partial charge in [-0.05, 0) is 30.7 Å². The van der Waals surface area contributed by atoms with E-state index in [0.717, 1.165) is 18.3 Å². The van der Waals surface area contributed by atoms with Gasteiger partial charge in [0.15, 0.2) is 11.6 Å². The predicted octanol–water partition coefficient (Wildman–Crippen LogP) is 3.74. The number of amides is 1. The van der Waals surface area contributed by atoms with Gasteiger partial charge in [-0.25, -0.2) is 4.39 Å². The van der Waals surface area contributed by atoms with Crippen LogP contribution in [0.3, 0.4) is 0 Å². The van der Waals surface area contributed by atoms with Crippen LogP contribution in [0.25, 0.3) is 0 Å². The number of methoxy groups -OCH3 is 1. The Morgan fingerprint density at radius 2 is 2.00 bits per heavy atom. The number of hydrogen-bond donors (Lipinski definition) is 1. The summed E-state index contributed by atoms with van der Waals surface area (Å²) in [6, 6.07) is 4.29. The van der Waals surface area contributed by atoms with Crippen molar-refractivity contribution in [3.8, 4) is 5.75 Å². The molecule has 0 aliphatic heterocycles. The van der Waals surface area contributed by atoms with E-state index in [-0.39, 0.29) is 5.75 Å². The Hall–Kier alpha value is -2.64. The largest absolute Gasteiger partial charge is 0.494 e. The number of hydrogen-bond acceptors (Lipinski definition) is 3. The van der Waals surface area contributed by atoms with Gasteiger partial charge in [-0.15, -0.1) is 0 Å². The number of benzene rings is 1. The molecule has 8 heteroatoms. The number of pyridine rings is 1. The number of alkyl halides is 3. The highest BCUT2D eigenvalue weighted by molar-refractivity contribution is 5.96. The Kier molecular flexibility index (Phi) is 5.06. The lowest BCUT2D eigenvalue weighted by molar-refractivity contribution is -0.138. The van der Waals surface area contributed by atoms with Crippen molar-refractivity contribution in [1.29, 1.82) is 0 Å². The fourth-order valence-electron chi connectivity index (χ4n) is 2.12. The van der Waals surface area contributed by atoms with E-state index in [4.69, 9.17) is 4.74 Å². The van der Waals surface area contributed by atoms with Gasteiger partial charge in [0.25, 0.3) is 5.91 Å². The molecular formula is C16H14F4N2O2. The summed E-state index contributed by atoms with van der Waals surface area (Å²) in [5, 5.41) is 2.45. The van der Waals surface area contributed by atoms with E-state index in [2.05, 4.69) is 10.3 Å². The van der Waals surface area contributed by atoms with Crippen molar-refractivity contribution in [2.24, 2.45) is 0 Å². The van der Waals surface area contributed by atoms with Gasteiger partial charge in [0.05, 0.1) is 24.3 Å². The normalized spacial score (nSPS) is 12.6. The third-order valence-electron chi connectivity index (χ3n) is 3.39. The Bertz CT molecular complexity index is 747. The molecule has 128 valence electrons. The van der Waals surface area contributed by atoms with Crippen molar-refractivity contribution < 1.29 is 27.1 Å². The average molecular weight is 342 g/mol. The van der Waals surface area contributed by atoms with Crippen LogP contribution in [0.4, 0.5) is 17.6 Å². The van der Waals surface area contributed by atoms with E-state index >= 15 is 0 Å². The molecule has 0 saturated carbocycles. The number of ether oxygens (including phenoxy) is 1. The van der Waals surface area contributed by atoms with Crippen LogP contribution in [0.2, 0.25) is 0 Å². The molecule has 2 rings (SSSR count). The second-order valence-corrected chi connectivity index (χ2v) is 5.01. The first-order valence-electron chi connectivity index (χ1n) is 6.89. The minimum atomic E-state index is -4.69. The lowest BCUT2D eigenvalue weighted by Gasteiger charge is -2.17. The van der Waals surface area contributed by atoms with E-state index in [9.17, 15) is 22.4 Å². The molecule has 0 saturated heterocycles. The van der Waals surface area contributed by atoms with Crippen molar-refractivity contribution >= 4 is 5.91 Å². The molecule has 0 radical (unpaired) electrons. The SMILES string of the molecule is COc1cc(C(C)NC(=O)c2ccncc2C(F)(F)F)ccc1F. The Balaban J connectivity index is 2.24. The summed E-state index contributed by atoms with van der Waals surface area (Å²) >= 11 is 0. The molecule has 4 nitrogen and oxygen atoms in total. The van der Waals surface area contributed by atoms with Crippen LogP contribution < -0.4 is 10.1 Å². The summed E-state index contributed by atoms with van der Waals surface area (Å²) < 4.78 is 57.0. The minimum Gasteiger partial charge on any atom is -0.494 e. The van der Waals surface area contributed by atoms with Gasteiger partial charge in [0, 0.05) is 12.4 Å². The number of aromatic nitrogens is 1. The average Bonchev–Trinajstić information content (AvgIpc) is 2.54. The van der Waals surface area contributed by atoms with Crippen molar-refractivity contribution in [1.82, 2.24) is 10.3 Å². The molecule has 0 bridgehead atoms. The highest BCUT2D eigenvalue weighted by atomic mass is 19.4. The summed E-state index contributed by atoms with van der Waals surface area (Å²) in [6.07, 6.45) is -2.99. The first-order valence-corrected chi connectivity index (χ1v) is 6.89. The van der Waals surface area contributed by atoms with Gasteiger partial charge in [-0.2, -0.15) is 13.2 Å². The molecule has 1 aromatic carbocycles. The van der Waals surface area contributed by atoms with Crippen LogP contribution in [0.5, 0.6) is 5.75 Å². The Morgan fingerprint density at radius 3 is 2.62 bits per heavy atom. The summed E-state index contributed by atoms with van der Waals surface area (Å²) in [5.41, 5.74) is -1.16. The van der Waals surface area contributed by atoms with Gasteiger partial charge in [-0.1, -0.05) is 6.07 Å². The van der Waals surface area contributed by atoms with Crippen molar-refractivity contribution in [2.45, 2.75) is 19.1 Å². The molecule has 24 heavy (non-hydrogen) atoms. The Morgan fingerprint density at radius 1 is 1.29 bits per heavy atom. The first kappa shape index (κ1) is 17.7. The molecule has 1 amide bonds. The number of halogens is 4. The van der Waals surface area contributed by atoms with Gasteiger partial charge >= 0.3 is 6.18 Å². The van der Waals surface area contributed by atoms with Gasteiger partial charge in [0.1, 0.15) is 0 Å². The van der Waals surface area contributed by atoms with Gasteiger partial charge < -0.3 is 10.1 Å². The topological polar surface area (TPSA) is 51.2 Å². The fourth-order valence-corrected chi connectivity index (χ4v) is 2.12. The van der Waals surface area contributed by atoms with Crippen molar-refractivity contribution in [2.75, 3.05) is 7.11 Å². The molecule has 1 unspecified atom stereocenters. The lowest BCUT2D eigenvalue weighted by atomic mass is 10.1. The molecule has 0 aliphatic carbocycles. The third kappa shape index (κ3) is 3.81. The van der Waals surface area contributed by atoms with Crippen molar-refractivity contribution in [3.05, 3.63) is 59.2 Å². The van der Waals surface area contributed by atoms with E-state index in [1.807, 2.05) is 0 Å². The highest BCUT2D eigenvalue weighted by Gasteiger charge is 2.35. The second-order valence-electron chi connectivity index (χ2n) is 5.01. The number of nitrogens with zero attached hydrogens (tertiary/aromatic N) is 1. The number of nitrogens with one attached hydrogen (secondary N) is 1. The summed E-state index contributed by atoms with van der Waals surface area (Å²) in [4.78, 5) is 15.6. The number of carbonyl (C=O) groups is 1. The number of rotatable bonds is 4. The number of carbonyl (C=O) groups excluding carboxylic acids is 1. The lowest BCUT2D eigenvalue weighted by Crippen LogP contribution is -2.29. The maximum absolute atomic E-state index is 13.4. The quantitative estimate of drug-likeness (QED) is 0.861. The molecule has 0 aliphatic rings. The molecule has 1 atom stereocenters. The second kappa shape index (κ2) is 6.86. The van der Waals surface area contributed by atoms with E-state index < -0.39 is 35.1 Å². The zero-order valence-corrected chi connectivity index (χ0v) is 12.8. The van der Waals surface area contributed by atoms with Gasteiger partial charge in [0.2, 0.25) is 0 Å². The van der Waals surface area contributed by atoms with Crippen LogP contribution >= 0.6 is 0 Å². The van der Waals surface area contributed by atoms with Gasteiger partial charge in [-0.3, -0.25) is 9.78 Å². The maximum Gasteiger partial charge on any atom is 0.418 e. The predicted molar refractivity (Wildman–Crippen MR) is 78.1 cm³/mol. The molecule has 0 fully saturated rings. The van der Waals surface area contributed by atoms with Crippen LogP contribution in [0.1, 0.15) is 34.5 Å². The minimum absolute atomic E-state index is 0.0199. The molecule has 1 heterocycles. The monoisotopic (exact) mass is 342 g/mol. The molecule has 2 aromatic rings. The van der Waals surface area contributed by atoms with E-state index in [0.29, 0.717) is 11.8 Å². The van der Waals surface area contributed by atoms with E-state index in [1.165, 1.54) is 19.2 Å².